The van der Waals surface area contributed by atoms with E-state index in [0.29, 0.717) is 11.4 Å². The molecule has 26 heavy (non-hydrogen) atoms. The van der Waals surface area contributed by atoms with E-state index in [0.717, 1.165) is 34.9 Å². The summed E-state index contributed by atoms with van der Waals surface area (Å²) in [5.41, 5.74) is 3.51. The van der Waals surface area contributed by atoms with Crippen molar-refractivity contribution in [3.8, 4) is 0 Å². The topological polar surface area (TPSA) is 59.8 Å². The lowest BCUT2D eigenvalue weighted by Crippen LogP contribution is -2.12. The van der Waals surface area contributed by atoms with Gasteiger partial charge in [-0.1, -0.05) is 36.8 Å². The minimum Gasteiger partial charge on any atom is -0.305 e. The summed E-state index contributed by atoms with van der Waals surface area (Å²) in [6.45, 7) is 4.91. The lowest BCUT2D eigenvalue weighted by Gasteiger charge is -2.03. The van der Waals surface area contributed by atoms with Crippen LogP contribution in [0.3, 0.4) is 0 Å². The lowest BCUT2D eigenvalue weighted by molar-refractivity contribution is 0.102. The Kier molecular flexibility index (Phi) is 4.13. The van der Waals surface area contributed by atoms with Crippen molar-refractivity contribution < 1.29 is 4.79 Å². The number of carbonyl (C=O) groups is 1. The van der Waals surface area contributed by atoms with Gasteiger partial charge in [0.2, 0.25) is 0 Å². The predicted molar refractivity (Wildman–Crippen MR) is 104 cm³/mol. The van der Waals surface area contributed by atoms with Crippen LogP contribution < -0.4 is 5.32 Å². The third-order valence-corrected chi connectivity index (χ3v) is 4.37. The summed E-state index contributed by atoms with van der Waals surface area (Å²) < 4.78 is 1.87. The predicted octanol–water partition coefficient (Wildman–Crippen LogP) is 4.56. The Labute approximate surface area is 151 Å². The van der Waals surface area contributed by atoms with Crippen LogP contribution in [0.15, 0.2) is 54.6 Å². The Hall–Kier alpha value is -3.21. The van der Waals surface area contributed by atoms with Crippen molar-refractivity contribution in [2.75, 3.05) is 5.32 Å². The first kappa shape index (κ1) is 16.3. The molecule has 2 heterocycles. The standard InChI is InChI=1S/C21H20N4O/c1-3-11-25-20-17(13-16-12-14(2)9-10-18(16)22-20)19(24-25)23-21(26)15-7-5-4-6-8-15/h4-10,12-13H,3,11H2,1-2H3,(H,23,24,26). The summed E-state index contributed by atoms with van der Waals surface area (Å²) in [7, 11) is 0. The summed E-state index contributed by atoms with van der Waals surface area (Å²) in [6.07, 6.45) is 0.941. The second-order valence-electron chi connectivity index (χ2n) is 6.45. The molecule has 0 aliphatic carbocycles. The van der Waals surface area contributed by atoms with E-state index in [1.807, 2.05) is 28.9 Å². The van der Waals surface area contributed by atoms with Gasteiger partial charge in [0, 0.05) is 17.5 Å². The molecule has 0 spiro atoms. The van der Waals surface area contributed by atoms with Gasteiger partial charge in [0.25, 0.3) is 5.91 Å². The van der Waals surface area contributed by atoms with E-state index in [-0.39, 0.29) is 5.91 Å². The zero-order valence-corrected chi connectivity index (χ0v) is 14.9. The molecule has 0 radical (unpaired) electrons. The average molecular weight is 344 g/mol. The first-order valence-corrected chi connectivity index (χ1v) is 8.80. The SMILES string of the molecule is CCCn1nc(NC(=O)c2ccccc2)c2cc3cc(C)ccc3nc21. The van der Waals surface area contributed by atoms with Crippen molar-refractivity contribution >= 4 is 33.7 Å². The van der Waals surface area contributed by atoms with Gasteiger partial charge < -0.3 is 5.32 Å². The largest absolute Gasteiger partial charge is 0.305 e. The molecule has 0 unspecified atom stereocenters. The number of hydrogen-bond donors (Lipinski definition) is 1. The number of nitrogens with one attached hydrogen (secondary N) is 1. The van der Waals surface area contributed by atoms with Crippen molar-refractivity contribution in [2.24, 2.45) is 0 Å². The van der Waals surface area contributed by atoms with E-state index in [2.05, 4.69) is 42.5 Å². The van der Waals surface area contributed by atoms with Gasteiger partial charge in [0.05, 0.1) is 10.9 Å². The van der Waals surface area contributed by atoms with Gasteiger partial charge >= 0.3 is 0 Å². The van der Waals surface area contributed by atoms with E-state index in [1.54, 1.807) is 12.1 Å². The van der Waals surface area contributed by atoms with Crippen molar-refractivity contribution in [1.29, 1.82) is 0 Å². The fraction of sp³-hybridized carbons (Fsp3) is 0.190. The molecule has 4 rings (SSSR count). The molecule has 130 valence electrons. The quantitative estimate of drug-likeness (QED) is 0.590. The van der Waals surface area contributed by atoms with Crippen LogP contribution in [0.5, 0.6) is 0 Å². The monoisotopic (exact) mass is 344 g/mol. The summed E-state index contributed by atoms with van der Waals surface area (Å²) in [4.78, 5) is 17.3. The number of benzene rings is 2. The molecule has 5 heteroatoms. The molecular formula is C21H20N4O. The smallest absolute Gasteiger partial charge is 0.256 e. The second kappa shape index (κ2) is 6.59. The molecule has 0 saturated heterocycles. The maximum atomic E-state index is 12.6. The first-order valence-electron chi connectivity index (χ1n) is 8.80. The van der Waals surface area contributed by atoms with Crippen LogP contribution in [-0.4, -0.2) is 20.7 Å². The van der Waals surface area contributed by atoms with Crippen LogP contribution >= 0.6 is 0 Å². The molecule has 0 atom stereocenters. The molecule has 2 aromatic carbocycles. The van der Waals surface area contributed by atoms with Gasteiger partial charge in [-0.05, 0) is 43.7 Å². The zero-order valence-electron chi connectivity index (χ0n) is 14.9. The number of amides is 1. The Morgan fingerprint density at radius 1 is 1.12 bits per heavy atom. The van der Waals surface area contributed by atoms with Crippen molar-refractivity contribution in [3.63, 3.8) is 0 Å². The van der Waals surface area contributed by atoms with E-state index in [1.165, 1.54) is 5.56 Å². The number of rotatable bonds is 4. The number of anilines is 1. The Balaban J connectivity index is 1.83. The molecule has 2 aromatic heterocycles. The van der Waals surface area contributed by atoms with Gasteiger partial charge in [-0.15, -0.1) is 0 Å². The van der Waals surface area contributed by atoms with Crippen molar-refractivity contribution in [3.05, 3.63) is 65.7 Å². The van der Waals surface area contributed by atoms with Crippen LogP contribution in [0.2, 0.25) is 0 Å². The van der Waals surface area contributed by atoms with E-state index >= 15 is 0 Å². The first-order chi connectivity index (χ1) is 12.7. The van der Waals surface area contributed by atoms with Gasteiger partial charge in [0.1, 0.15) is 0 Å². The Morgan fingerprint density at radius 2 is 1.92 bits per heavy atom. The molecule has 0 fully saturated rings. The highest BCUT2D eigenvalue weighted by molar-refractivity contribution is 6.08. The summed E-state index contributed by atoms with van der Waals surface area (Å²) in [5, 5.41) is 9.47. The van der Waals surface area contributed by atoms with Gasteiger partial charge in [-0.25, -0.2) is 9.67 Å². The second-order valence-corrected chi connectivity index (χ2v) is 6.45. The Bertz CT molecular complexity index is 1100. The van der Waals surface area contributed by atoms with Crippen LogP contribution in [-0.2, 0) is 6.54 Å². The molecule has 1 amide bonds. The maximum absolute atomic E-state index is 12.6. The van der Waals surface area contributed by atoms with E-state index < -0.39 is 0 Å². The fourth-order valence-electron chi connectivity index (χ4n) is 3.11. The number of aromatic nitrogens is 3. The Morgan fingerprint density at radius 3 is 2.69 bits per heavy atom. The third-order valence-electron chi connectivity index (χ3n) is 4.37. The van der Waals surface area contributed by atoms with E-state index in [4.69, 9.17) is 4.98 Å². The third kappa shape index (κ3) is 2.92. The molecule has 1 N–H and O–H groups in total. The maximum Gasteiger partial charge on any atom is 0.256 e. The highest BCUT2D eigenvalue weighted by Gasteiger charge is 2.16. The van der Waals surface area contributed by atoms with Gasteiger partial charge in [0.15, 0.2) is 11.5 Å². The zero-order chi connectivity index (χ0) is 18.1. The van der Waals surface area contributed by atoms with Crippen molar-refractivity contribution in [1.82, 2.24) is 14.8 Å². The normalized spacial score (nSPS) is 11.2. The number of carbonyl (C=O) groups excluding carboxylic acids is 1. The summed E-state index contributed by atoms with van der Waals surface area (Å²) in [5.74, 6) is 0.385. The number of fused-ring (bicyclic) bond motifs is 2. The van der Waals surface area contributed by atoms with Crippen LogP contribution in [0.25, 0.3) is 21.9 Å². The van der Waals surface area contributed by atoms with Crippen LogP contribution in [0.1, 0.15) is 29.3 Å². The molecular weight excluding hydrogens is 324 g/mol. The van der Waals surface area contributed by atoms with E-state index in [9.17, 15) is 4.79 Å². The number of pyridine rings is 1. The average Bonchev–Trinajstić information content (AvgIpc) is 2.97. The number of nitrogens with zero attached hydrogens (tertiary/aromatic N) is 3. The van der Waals surface area contributed by atoms with Gasteiger partial charge in [-0.2, -0.15) is 5.10 Å². The van der Waals surface area contributed by atoms with Gasteiger partial charge in [-0.3, -0.25) is 4.79 Å². The van der Waals surface area contributed by atoms with Crippen molar-refractivity contribution in [2.45, 2.75) is 26.8 Å². The minimum absolute atomic E-state index is 0.169. The molecule has 5 nitrogen and oxygen atoms in total. The summed E-state index contributed by atoms with van der Waals surface area (Å²) in [6, 6.07) is 17.4. The highest BCUT2D eigenvalue weighted by Crippen LogP contribution is 2.27. The minimum atomic E-state index is -0.169. The number of hydrogen-bond acceptors (Lipinski definition) is 3. The molecule has 0 aliphatic rings. The molecule has 0 aliphatic heterocycles. The molecule has 4 aromatic rings. The van der Waals surface area contributed by atoms with Crippen LogP contribution in [0, 0.1) is 6.92 Å². The number of aryl methyl sites for hydroxylation is 2. The summed E-state index contributed by atoms with van der Waals surface area (Å²) >= 11 is 0. The highest BCUT2D eigenvalue weighted by atomic mass is 16.1. The molecule has 0 bridgehead atoms. The fourth-order valence-corrected chi connectivity index (χ4v) is 3.11. The lowest BCUT2D eigenvalue weighted by atomic mass is 10.1. The molecule has 0 saturated carbocycles. The van der Waals surface area contributed by atoms with Crippen LogP contribution in [0.4, 0.5) is 5.82 Å².